The van der Waals surface area contributed by atoms with E-state index < -0.39 is 10.8 Å². The summed E-state index contributed by atoms with van der Waals surface area (Å²) in [4.78, 5) is 0. The van der Waals surface area contributed by atoms with E-state index in [1.54, 1.807) is 0 Å². The summed E-state index contributed by atoms with van der Waals surface area (Å²) in [6.07, 6.45) is 9.03. The Balaban J connectivity index is 1.19. The maximum Gasteiger partial charge on any atom is 0.0773 e. The Bertz CT molecular complexity index is 2820. The Morgan fingerprint density at radius 3 is 1.67 bits per heavy atom. The van der Waals surface area contributed by atoms with Gasteiger partial charge in [-0.25, -0.2) is 0 Å². The highest BCUT2D eigenvalue weighted by Crippen LogP contribution is 2.65. The van der Waals surface area contributed by atoms with Crippen molar-refractivity contribution in [1.29, 1.82) is 0 Å². The lowest BCUT2D eigenvalue weighted by molar-refractivity contribution is 0.595. The molecule has 1 unspecified atom stereocenters. The monoisotopic (exact) mass is 741 g/mol. The first-order valence-corrected chi connectivity index (χ1v) is 20.6. The van der Waals surface area contributed by atoms with Crippen molar-refractivity contribution in [3.63, 3.8) is 0 Å². The van der Waals surface area contributed by atoms with Crippen LogP contribution in [0.2, 0.25) is 0 Å². The molecule has 1 N–H and O–H groups in total. The lowest BCUT2D eigenvalue weighted by Gasteiger charge is -2.51. The second kappa shape index (κ2) is 13.9. The minimum atomic E-state index is -0.535. The first-order valence-electron chi connectivity index (χ1n) is 20.6. The molecule has 11 rings (SSSR count). The van der Waals surface area contributed by atoms with Crippen molar-refractivity contribution in [3.8, 4) is 22.3 Å². The molecule has 276 valence electrons. The molecular formula is C57H43N. The molecule has 8 aromatic carbocycles. The molecule has 0 amide bonds. The smallest absolute Gasteiger partial charge is 0.0773 e. The topological polar surface area (TPSA) is 12.0 Å². The highest BCUT2D eigenvalue weighted by atomic mass is 14.9. The van der Waals surface area contributed by atoms with Gasteiger partial charge in [0.2, 0.25) is 0 Å². The van der Waals surface area contributed by atoms with E-state index in [2.05, 4.69) is 230 Å². The van der Waals surface area contributed by atoms with Gasteiger partial charge < -0.3 is 5.32 Å². The van der Waals surface area contributed by atoms with Gasteiger partial charge in [-0.2, -0.15) is 0 Å². The van der Waals surface area contributed by atoms with Gasteiger partial charge >= 0.3 is 0 Å². The van der Waals surface area contributed by atoms with E-state index in [0.717, 1.165) is 18.5 Å². The van der Waals surface area contributed by atoms with Crippen LogP contribution in [0.1, 0.15) is 69.0 Å². The van der Waals surface area contributed by atoms with Gasteiger partial charge in [-0.05, 0) is 97.3 Å². The highest BCUT2D eigenvalue weighted by Gasteiger charge is 2.57. The zero-order valence-corrected chi connectivity index (χ0v) is 32.4. The second-order valence-corrected chi connectivity index (χ2v) is 15.9. The van der Waals surface area contributed by atoms with Crippen LogP contribution in [-0.4, -0.2) is 0 Å². The van der Waals surface area contributed by atoms with Gasteiger partial charge in [0, 0.05) is 5.69 Å². The van der Waals surface area contributed by atoms with Crippen LogP contribution in [0.4, 0.5) is 5.69 Å². The van der Waals surface area contributed by atoms with Crippen molar-refractivity contribution in [3.05, 3.63) is 280 Å². The van der Waals surface area contributed by atoms with E-state index in [1.807, 2.05) is 0 Å². The Kier molecular flexibility index (Phi) is 8.22. The zero-order valence-electron chi connectivity index (χ0n) is 32.4. The molecule has 0 heterocycles. The van der Waals surface area contributed by atoms with Crippen molar-refractivity contribution in [2.45, 2.75) is 29.7 Å². The molecule has 0 bridgehead atoms. The molecule has 1 heteroatoms. The molecule has 0 fully saturated rings. The molecule has 0 aromatic heterocycles. The summed E-state index contributed by atoms with van der Waals surface area (Å²) in [5.74, 6) is 0. The molecule has 1 spiro atoms. The number of nitrogens with one attached hydrogen (secondary N) is 1. The Morgan fingerprint density at radius 2 is 1.00 bits per heavy atom. The summed E-state index contributed by atoms with van der Waals surface area (Å²) in [5.41, 5.74) is 18.5. The van der Waals surface area contributed by atoms with E-state index in [0.29, 0.717) is 0 Å². The number of hydrogen-bond donors (Lipinski definition) is 1. The van der Waals surface area contributed by atoms with Gasteiger partial charge in [0.05, 0.1) is 16.9 Å². The van der Waals surface area contributed by atoms with Crippen LogP contribution in [0.5, 0.6) is 0 Å². The van der Waals surface area contributed by atoms with Crippen molar-refractivity contribution in [2.24, 2.45) is 0 Å². The largest absolute Gasteiger partial charge is 0.374 e. The molecule has 3 aliphatic carbocycles. The van der Waals surface area contributed by atoms with Gasteiger partial charge in [-0.1, -0.05) is 218 Å². The standard InChI is InChI=1S/C57H43N/c1-5-21-40(22-6-1)42-25-19-30-45(39-42)58-55(41-23-7-2-8-24-41)47-32-20-38-53-54(47)46-31-13-14-33-48(46)57(53)51-36-17-15-34-49(51)56(43-26-9-3-10-27-43,44-28-11-4-12-29-44)50-35-16-18-37-52(50)57/h1-11,13-28,30-39,55,58H,12,29H2. The molecule has 58 heavy (non-hydrogen) atoms. The number of benzene rings is 8. The van der Waals surface area contributed by atoms with Gasteiger partial charge in [0.1, 0.15) is 0 Å². The molecule has 3 aliphatic rings. The molecule has 1 atom stereocenters. The van der Waals surface area contributed by atoms with Crippen LogP contribution in [0, 0.1) is 0 Å². The number of anilines is 1. The normalized spacial score (nSPS) is 19.0. The number of allylic oxidation sites excluding steroid dienone is 4. The van der Waals surface area contributed by atoms with Crippen LogP contribution >= 0.6 is 0 Å². The lowest BCUT2D eigenvalue weighted by Crippen LogP contribution is -2.45. The van der Waals surface area contributed by atoms with E-state index >= 15 is 0 Å². The van der Waals surface area contributed by atoms with Crippen LogP contribution in [0.3, 0.4) is 0 Å². The molecule has 0 radical (unpaired) electrons. The van der Waals surface area contributed by atoms with Crippen LogP contribution in [0.25, 0.3) is 22.3 Å². The average Bonchev–Trinajstić information content (AvgIpc) is 3.61. The Morgan fingerprint density at radius 1 is 0.448 bits per heavy atom. The fourth-order valence-corrected chi connectivity index (χ4v) is 10.8. The molecule has 0 saturated heterocycles. The van der Waals surface area contributed by atoms with E-state index in [4.69, 9.17) is 0 Å². The van der Waals surface area contributed by atoms with Crippen molar-refractivity contribution in [2.75, 3.05) is 5.32 Å². The Labute approximate surface area is 341 Å². The highest BCUT2D eigenvalue weighted by molar-refractivity contribution is 5.91. The molecule has 0 saturated carbocycles. The fraction of sp³-hybridized carbons (Fsp3) is 0.0877. The van der Waals surface area contributed by atoms with Crippen LogP contribution < -0.4 is 5.32 Å². The quantitative estimate of drug-likeness (QED) is 0.171. The predicted octanol–water partition coefficient (Wildman–Crippen LogP) is 13.8. The van der Waals surface area contributed by atoms with Gasteiger partial charge in [-0.15, -0.1) is 0 Å². The molecular weight excluding hydrogens is 699 g/mol. The minimum absolute atomic E-state index is 0.109. The van der Waals surface area contributed by atoms with Crippen molar-refractivity contribution >= 4 is 5.69 Å². The SMILES string of the molecule is C1=CCCC(C2(c3ccccc3)c3ccccc3C3(c4ccccc4-c4c(C(Nc5cccc(-c6ccccc6)c5)c5ccccc5)cccc43)c3ccccc32)=C1. The van der Waals surface area contributed by atoms with Gasteiger partial charge in [-0.3, -0.25) is 0 Å². The third-order valence-electron chi connectivity index (χ3n) is 13.0. The number of fused-ring (bicyclic) bond motifs is 9. The predicted molar refractivity (Wildman–Crippen MR) is 240 cm³/mol. The maximum atomic E-state index is 4.08. The van der Waals surface area contributed by atoms with Crippen LogP contribution in [0.15, 0.2) is 230 Å². The minimum Gasteiger partial charge on any atom is -0.374 e. The first kappa shape index (κ1) is 34.3. The zero-order chi connectivity index (χ0) is 38.5. The summed E-state index contributed by atoms with van der Waals surface area (Å²) in [6.45, 7) is 0. The third kappa shape index (κ3) is 5.03. The van der Waals surface area contributed by atoms with Crippen molar-refractivity contribution < 1.29 is 0 Å². The fourth-order valence-electron chi connectivity index (χ4n) is 10.8. The maximum absolute atomic E-state index is 4.08. The number of rotatable bonds is 7. The summed E-state index contributed by atoms with van der Waals surface area (Å²) < 4.78 is 0. The average molecular weight is 742 g/mol. The van der Waals surface area contributed by atoms with Gasteiger partial charge in [0.15, 0.2) is 0 Å². The first-order chi connectivity index (χ1) is 28.8. The second-order valence-electron chi connectivity index (χ2n) is 15.9. The summed E-state index contributed by atoms with van der Waals surface area (Å²) in [5, 5.41) is 4.08. The van der Waals surface area contributed by atoms with Crippen molar-refractivity contribution in [1.82, 2.24) is 0 Å². The summed E-state index contributed by atoms with van der Waals surface area (Å²) in [6, 6.07) is 76.7. The molecule has 0 aliphatic heterocycles. The third-order valence-corrected chi connectivity index (χ3v) is 13.0. The van der Waals surface area contributed by atoms with E-state index in [1.165, 1.54) is 77.9 Å². The molecule has 1 nitrogen and oxygen atoms in total. The Hall–Kier alpha value is -6.96. The van der Waals surface area contributed by atoms with Crippen LogP contribution in [-0.2, 0) is 10.8 Å². The number of hydrogen-bond acceptors (Lipinski definition) is 1. The van der Waals surface area contributed by atoms with Gasteiger partial charge in [0.25, 0.3) is 0 Å². The lowest BCUT2D eigenvalue weighted by atomic mass is 9.50. The summed E-state index contributed by atoms with van der Waals surface area (Å²) in [7, 11) is 0. The van der Waals surface area contributed by atoms with E-state index in [9.17, 15) is 0 Å². The summed E-state index contributed by atoms with van der Waals surface area (Å²) >= 11 is 0. The molecule has 8 aromatic rings. The van der Waals surface area contributed by atoms with E-state index in [-0.39, 0.29) is 6.04 Å².